The van der Waals surface area contributed by atoms with Gasteiger partial charge in [-0.15, -0.1) is 0 Å². The molecule has 19 heavy (non-hydrogen) atoms. The molecule has 1 fully saturated rings. The maximum Gasteiger partial charge on any atom is 0.118 e. The number of rotatable bonds is 5. The molecule has 1 aromatic rings. The molecule has 0 saturated heterocycles. The molecule has 0 bridgehead atoms. The second kappa shape index (κ2) is 6.76. The summed E-state index contributed by atoms with van der Waals surface area (Å²) in [4.78, 5) is 0. The van der Waals surface area contributed by atoms with Crippen LogP contribution in [0.2, 0.25) is 0 Å². The topological polar surface area (TPSA) is 18.5 Å². The van der Waals surface area contributed by atoms with E-state index in [1.165, 1.54) is 18.4 Å². The van der Waals surface area contributed by atoms with Gasteiger partial charge in [-0.05, 0) is 49.3 Å². The summed E-state index contributed by atoms with van der Waals surface area (Å²) in [6.45, 7) is 3.02. The number of ether oxygens (including phenoxy) is 2. The molecule has 2 rings (SSSR count). The molecule has 1 aromatic carbocycles. The number of hydrogen-bond donors (Lipinski definition) is 0. The summed E-state index contributed by atoms with van der Waals surface area (Å²) in [6.07, 6.45) is 4.87. The molecule has 1 aliphatic carbocycles. The van der Waals surface area contributed by atoms with Crippen molar-refractivity contribution in [2.45, 2.75) is 44.8 Å². The van der Waals surface area contributed by atoms with Gasteiger partial charge in [0.25, 0.3) is 0 Å². The van der Waals surface area contributed by atoms with E-state index < -0.39 is 0 Å². The van der Waals surface area contributed by atoms with Gasteiger partial charge in [-0.3, -0.25) is 0 Å². The summed E-state index contributed by atoms with van der Waals surface area (Å²) in [6, 6.07) is 8.13. The first-order chi connectivity index (χ1) is 9.17. The average molecular weight is 327 g/mol. The summed E-state index contributed by atoms with van der Waals surface area (Å²) in [5.41, 5.74) is 1.24. The largest absolute Gasteiger partial charge is 0.497 e. The molecule has 0 atom stereocenters. The first-order valence-electron chi connectivity index (χ1n) is 7.00. The lowest BCUT2D eigenvalue weighted by molar-refractivity contribution is -0.0688. The zero-order valence-electron chi connectivity index (χ0n) is 11.8. The highest BCUT2D eigenvalue weighted by Crippen LogP contribution is 2.36. The summed E-state index contributed by atoms with van der Waals surface area (Å²) in [5.74, 6) is 1.74. The van der Waals surface area contributed by atoms with Crippen molar-refractivity contribution in [1.29, 1.82) is 0 Å². The summed E-state index contributed by atoms with van der Waals surface area (Å²) >= 11 is 3.64. The molecule has 0 amide bonds. The number of hydrogen-bond acceptors (Lipinski definition) is 2. The Morgan fingerprint density at radius 1 is 1.21 bits per heavy atom. The second-order valence-corrected chi connectivity index (χ2v) is 6.20. The highest BCUT2D eigenvalue weighted by molar-refractivity contribution is 9.09. The highest BCUT2D eigenvalue weighted by atomic mass is 79.9. The van der Waals surface area contributed by atoms with Gasteiger partial charge < -0.3 is 9.47 Å². The van der Waals surface area contributed by atoms with Crippen LogP contribution in [0.3, 0.4) is 0 Å². The smallest absolute Gasteiger partial charge is 0.118 e. The van der Waals surface area contributed by atoms with E-state index in [-0.39, 0.29) is 5.60 Å². The monoisotopic (exact) mass is 326 g/mol. The third kappa shape index (κ3) is 3.96. The van der Waals surface area contributed by atoms with Gasteiger partial charge in [-0.25, -0.2) is 0 Å². The molecule has 1 saturated carbocycles. The second-order valence-electron chi connectivity index (χ2n) is 5.64. The molecule has 0 heterocycles. The van der Waals surface area contributed by atoms with Crippen molar-refractivity contribution >= 4 is 15.9 Å². The predicted molar refractivity (Wildman–Crippen MR) is 81.9 cm³/mol. The van der Waals surface area contributed by atoms with Crippen LogP contribution in [-0.2, 0) is 11.3 Å². The zero-order valence-corrected chi connectivity index (χ0v) is 13.4. The Morgan fingerprint density at radius 3 is 2.37 bits per heavy atom. The van der Waals surface area contributed by atoms with Crippen LogP contribution in [-0.4, -0.2) is 18.0 Å². The van der Waals surface area contributed by atoms with Gasteiger partial charge in [0.05, 0.1) is 19.3 Å². The first kappa shape index (κ1) is 14.9. The minimum Gasteiger partial charge on any atom is -0.497 e. The molecule has 0 N–H and O–H groups in total. The van der Waals surface area contributed by atoms with E-state index in [1.807, 2.05) is 12.1 Å². The lowest BCUT2D eigenvalue weighted by Crippen LogP contribution is -2.38. The number of alkyl halides is 1. The quantitative estimate of drug-likeness (QED) is 0.739. The maximum atomic E-state index is 6.24. The Labute approximate surface area is 124 Å². The van der Waals surface area contributed by atoms with Crippen molar-refractivity contribution < 1.29 is 9.47 Å². The van der Waals surface area contributed by atoms with Crippen LogP contribution < -0.4 is 4.74 Å². The molecule has 0 aromatic heterocycles. The van der Waals surface area contributed by atoms with E-state index in [4.69, 9.17) is 9.47 Å². The Hall–Kier alpha value is -0.540. The van der Waals surface area contributed by atoms with Gasteiger partial charge >= 0.3 is 0 Å². The van der Waals surface area contributed by atoms with Crippen molar-refractivity contribution in [3.8, 4) is 5.75 Å². The van der Waals surface area contributed by atoms with E-state index in [0.717, 1.165) is 29.8 Å². The van der Waals surface area contributed by atoms with Crippen molar-refractivity contribution in [2.75, 3.05) is 12.4 Å². The van der Waals surface area contributed by atoms with Crippen LogP contribution in [0.15, 0.2) is 24.3 Å². The van der Waals surface area contributed by atoms with Crippen LogP contribution in [0, 0.1) is 5.92 Å². The molecule has 0 unspecified atom stereocenters. The van der Waals surface area contributed by atoms with Crippen LogP contribution in [0.4, 0.5) is 0 Å². The van der Waals surface area contributed by atoms with Crippen LogP contribution >= 0.6 is 15.9 Å². The molecule has 0 radical (unpaired) electrons. The van der Waals surface area contributed by atoms with Crippen molar-refractivity contribution in [2.24, 2.45) is 5.92 Å². The minimum atomic E-state index is 0.0342. The first-order valence-corrected chi connectivity index (χ1v) is 8.12. The third-order valence-corrected chi connectivity index (χ3v) is 5.16. The molecule has 3 heteroatoms. The molecule has 1 aliphatic rings. The summed E-state index contributed by atoms with van der Waals surface area (Å²) in [5, 5.41) is 0.933. The lowest BCUT2D eigenvalue weighted by Gasteiger charge is -2.38. The Morgan fingerprint density at radius 2 is 1.84 bits per heavy atom. The fraction of sp³-hybridized carbons (Fsp3) is 0.625. The maximum absolute atomic E-state index is 6.24. The van der Waals surface area contributed by atoms with Crippen LogP contribution in [0.1, 0.15) is 38.2 Å². The van der Waals surface area contributed by atoms with E-state index in [1.54, 1.807) is 7.11 Å². The number of benzene rings is 1. The van der Waals surface area contributed by atoms with Crippen molar-refractivity contribution in [1.82, 2.24) is 0 Å². The summed E-state index contributed by atoms with van der Waals surface area (Å²) < 4.78 is 11.4. The Bertz CT molecular complexity index is 380. The predicted octanol–water partition coefficient (Wildman–Crippen LogP) is 4.56. The van der Waals surface area contributed by atoms with Gasteiger partial charge in [-0.2, -0.15) is 0 Å². The molecule has 2 nitrogen and oxygen atoms in total. The van der Waals surface area contributed by atoms with Gasteiger partial charge in [0, 0.05) is 5.33 Å². The molecule has 0 spiro atoms. The van der Waals surface area contributed by atoms with Crippen LogP contribution in [0.25, 0.3) is 0 Å². The van der Waals surface area contributed by atoms with E-state index in [0.29, 0.717) is 6.61 Å². The normalized spacial score (nSPS) is 27.2. The SMILES string of the molecule is COc1ccc(COC2(CBr)CCC(C)CC2)cc1. The van der Waals surface area contributed by atoms with Gasteiger partial charge in [0.2, 0.25) is 0 Å². The van der Waals surface area contributed by atoms with Crippen molar-refractivity contribution in [3.63, 3.8) is 0 Å². The lowest BCUT2D eigenvalue weighted by atomic mass is 9.80. The molecule has 106 valence electrons. The minimum absolute atomic E-state index is 0.0342. The Kier molecular flexibility index (Phi) is 5.28. The number of halogens is 1. The summed E-state index contributed by atoms with van der Waals surface area (Å²) in [7, 11) is 1.69. The van der Waals surface area contributed by atoms with E-state index in [9.17, 15) is 0 Å². The molecular formula is C16H23BrO2. The molecule has 0 aliphatic heterocycles. The van der Waals surface area contributed by atoms with E-state index >= 15 is 0 Å². The van der Waals surface area contributed by atoms with Gasteiger partial charge in [0.1, 0.15) is 5.75 Å². The fourth-order valence-electron chi connectivity index (χ4n) is 2.56. The standard InChI is InChI=1S/C16H23BrO2/c1-13-7-9-16(12-17,10-8-13)19-11-14-3-5-15(18-2)6-4-14/h3-6,13H,7-12H2,1-2H3. The van der Waals surface area contributed by atoms with E-state index in [2.05, 4.69) is 35.0 Å². The number of methoxy groups -OCH3 is 1. The zero-order chi connectivity index (χ0) is 13.7. The van der Waals surface area contributed by atoms with Crippen LogP contribution in [0.5, 0.6) is 5.75 Å². The highest BCUT2D eigenvalue weighted by Gasteiger charge is 2.34. The van der Waals surface area contributed by atoms with Gasteiger partial charge in [-0.1, -0.05) is 35.0 Å². The van der Waals surface area contributed by atoms with Crippen molar-refractivity contribution in [3.05, 3.63) is 29.8 Å². The average Bonchev–Trinajstić information content (AvgIpc) is 2.48. The molecular weight excluding hydrogens is 304 g/mol. The fourth-order valence-corrected chi connectivity index (χ4v) is 3.29. The Balaban J connectivity index is 1.91. The third-order valence-electron chi connectivity index (χ3n) is 4.13. The van der Waals surface area contributed by atoms with Gasteiger partial charge in [0.15, 0.2) is 0 Å².